The molecule has 4 fully saturated rings. The van der Waals surface area contributed by atoms with Gasteiger partial charge in [-0.1, -0.05) is 11.6 Å². The van der Waals surface area contributed by atoms with Crippen molar-refractivity contribution in [3.8, 4) is 5.75 Å². The first kappa shape index (κ1) is 14.4. The van der Waals surface area contributed by atoms with Crippen molar-refractivity contribution in [2.45, 2.75) is 38.5 Å². The number of carbonyl (C=O) groups is 1. The summed E-state index contributed by atoms with van der Waals surface area (Å²) in [7, 11) is 0. The van der Waals surface area contributed by atoms with Gasteiger partial charge in [-0.2, -0.15) is 0 Å². The molecule has 0 unspecified atom stereocenters. The fourth-order valence-electron chi connectivity index (χ4n) is 5.56. The third kappa shape index (κ3) is 2.50. The molecule has 5 rings (SSSR count). The Kier molecular flexibility index (Phi) is 3.37. The van der Waals surface area contributed by atoms with Gasteiger partial charge in [-0.15, -0.1) is 0 Å². The minimum Gasteiger partial charge on any atom is -0.508 e. The number of amides is 1. The highest BCUT2D eigenvalue weighted by Crippen LogP contribution is 2.59. The zero-order chi connectivity index (χ0) is 15.3. The second-order valence-corrected chi connectivity index (χ2v) is 8.17. The monoisotopic (exact) mass is 319 g/mol. The molecule has 4 aliphatic carbocycles. The highest BCUT2D eigenvalue weighted by Gasteiger charge is 2.50. The van der Waals surface area contributed by atoms with E-state index >= 15 is 0 Å². The van der Waals surface area contributed by atoms with Gasteiger partial charge in [-0.3, -0.25) is 4.79 Å². The normalized spacial score (nSPS) is 35.6. The Hall–Kier alpha value is -1.22. The standard InChI is InChI=1S/C18H22ClNO2/c19-16-2-1-14(21)6-15(16)17(22)20-10-18-7-11-3-12(8-18)5-13(4-11)9-18/h1-2,6,11-13,21H,3-5,7-10H2,(H,20,22). The van der Waals surface area contributed by atoms with E-state index in [4.69, 9.17) is 11.6 Å². The maximum Gasteiger partial charge on any atom is 0.252 e. The van der Waals surface area contributed by atoms with Crippen LogP contribution in [-0.4, -0.2) is 17.6 Å². The van der Waals surface area contributed by atoms with Crippen LogP contribution in [0.5, 0.6) is 5.75 Å². The molecule has 0 radical (unpaired) electrons. The van der Waals surface area contributed by atoms with E-state index < -0.39 is 0 Å². The van der Waals surface area contributed by atoms with E-state index in [1.165, 1.54) is 50.7 Å². The van der Waals surface area contributed by atoms with Gasteiger partial charge in [0.05, 0.1) is 10.6 Å². The van der Waals surface area contributed by atoms with Crippen molar-refractivity contribution in [3.05, 3.63) is 28.8 Å². The zero-order valence-electron chi connectivity index (χ0n) is 12.6. The smallest absolute Gasteiger partial charge is 0.252 e. The molecule has 0 saturated heterocycles. The summed E-state index contributed by atoms with van der Waals surface area (Å²) in [6.45, 7) is 0.751. The van der Waals surface area contributed by atoms with Crippen LogP contribution >= 0.6 is 11.6 Å². The van der Waals surface area contributed by atoms with Crippen LogP contribution in [0.25, 0.3) is 0 Å². The molecule has 4 heteroatoms. The Morgan fingerprint density at radius 3 is 2.36 bits per heavy atom. The number of halogens is 1. The number of carbonyl (C=O) groups excluding carboxylic acids is 1. The van der Waals surface area contributed by atoms with Crippen molar-refractivity contribution in [2.24, 2.45) is 23.2 Å². The molecule has 0 atom stereocenters. The highest BCUT2D eigenvalue weighted by atomic mass is 35.5. The van der Waals surface area contributed by atoms with E-state index in [0.29, 0.717) is 16.0 Å². The predicted octanol–water partition coefficient (Wildman–Crippen LogP) is 3.99. The van der Waals surface area contributed by atoms with Crippen molar-refractivity contribution >= 4 is 17.5 Å². The molecule has 4 saturated carbocycles. The van der Waals surface area contributed by atoms with Gasteiger partial charge in [0.2, 0.25) is 0 Å². The molecule has 118 valence electrons. The summed E-state index contributed by atoms with van der Waals surface area (Å²) in [5, 5.41) is 13.0. The Bertz CT molecular complexity index is 578. The molecule has 3 nitrogen and oxygen atoms in total. The van der Waals surface area contributed by atoms with E-state index in [9.17, 15) is 9.90 Å². The Labute approximate surface area is 136 Å². The van der Waals surface area contributed by atoms with Crippen molar-refractivity contribution < 1.29 is 9.90 Å². The number of phenolic OH excluding ortho intramolecular Hbond substituents is 1. The van der Waals surface area contributed by atoms with E-state index in [2.05, 4.69) is 5.32 Å². The van der Waals surface area contributed by atoms with E-state index in [0.717, 1.165) is 24.3 Å². The number of phenols is 1. The lowest BCUT2D eigenvalue weighted by atomic mass is 9.49. The number of rotatable bonds is 3. The first-order chi connectivity index (χ1) is 10.5. The summed E-state index contributed by atoms with van der Waals surface area (Å²) >= 11 is 6.07. The fraction of sp³-hybridized carbons (Fsp3) is 0.611. The predicted molar refractivity (Wildman–Crippen MR) is 86.1 cm³/mol. The number of hydrogen-bond acceptors (Lipinski definition) is 2. The van der Waals surface area contributed by atoms with Crippen molar-refractivity contribution in [2.75, 3.05) is 6.54 Å². The van der Waals surface area contributed by atoms with Crippen LogP contribution in [0.3, 0.4) is 0 Å². The van der Waals surface area contributed by atoms with Gasteiger partial charge in [0, 0.05) is 6.54 Å². The van der Waals surface area contributed by atoms with Crippen LogP contribution in [0.2, 0.25) is 5.02 Å². The van der Waals surface area contributed by atoms with Crippen LogP contribution in [0.4, 0.5) is 0 Å². The molecule has 0 heterocycles. The topological polar surface area (TPSA) is 49.3 Å². The van der Waals surface area contributed by atoms with Gasteiger partial charge in [0.1, 0.15) is 5.75 Å². The van der Waals surface area contributed by atoms with E-state index in [1.54, 1.807) is 6.07 Å². The minimum atomic E-state index is -0.170. The molecule has 2 N–H and O–H groups in total. The quantitative estimate of drug-likeness (QED) is 0.885. The molecule has 4 aliphatic rings. The summed E-state index contributed by atoms with van der Waals surface area (Å²) in [6.07, 6.45) is 8.04. The van der Waals surface area contributed by atoms with Crippen LogP contribution in [-0.2, 0) is 0 Å². The minimum absolute atomic E-state index is 0.0735. The molecular formula is C18H22ClNO2. The summed E-state index contributed by atoms with van der Waals surface area (Å²) in [4.78, 5) is 12.4. The van der Waals surface area contributed by atoms with E-state index in [-0.39, 0.29) is 11.7 Å². The largest absolute Gasteiger partial charge is 0.508 e. The Balaban J connectivity index is 1.46. The number of aromatic hydroxyl groups is 1. The Morgan fingerprint density at radius 2 is 1.77 bits per heavy atom. The molecule has 1 aromatic carbocycles. The van der Waals surface area contributed by atoms with Crippen LogP contribution in [0.1, 0.15) is 48.9 Å². The number of nitrogens with one attached hydrogen (secondary N) is 1. The SMILES string of the molecule is O=C(NCC12CC3CC(CC(C3)C1)C2)c1cc(O)ccc1Cl. The van der Waals surface area contributed by atoms with Gasteiger partial charge in [-0.05, 0) is 79.9 Å². The molecule has 1 aromatic rings. The van der Waals surface area contributed by atoms with Crippen LogP contribution < -0.4 is 5.32 Å². The third-order valence-corrected chi connectivity index (χ3v) is 6.31. The highest BCUT2D eigenvalue weighted by molar-refractivity contribution is 6.33. The maximum atomic E-state index is 12.4. The van der Waals surface area contributed by atoms with Gasteiger partial charge < -0.3 is 10.4 Å². The van der Waals surface area contributed by atoms with Crippen molar-refractivity contribution in [1.29, 1.82) is 0 Å². The summed E-state index contributed by atoms with van der Waals surface area (Å²) in [6, 6.07) is 4.51. The van der Waals surface area contributed by atoms with E-state index in [1.807, 2.05) is 0 Å². The van der Waals surface area contributed by atoms with Crippen LogP contribution in [0, 0.1) is 23.2 Å². The lowest BCUT2D eigenvalue weighted by molar-refractivity contribution is -0.0503. The molecule has 1 amide bonds. The molecule has 0 aliphatic heterocycles. The van der Waals surface area contributed by atoms with Crippen molar-refractivity contribution in [1.82, 2.24) is 5.32 Å². The number of hydrogen-bond donors (Lipinski definition) is 2. The fourth-order valence-corrected chi connectivity index (χ4v) is 5.76. The van der Waals surface area contributed by atoms with Crippen molar-refractivity contribution in [3.63, 3.8) is 0 Å². The second kappa shape index (κ2) is 5.16. The average molecular weight is 320 g/mol. The summed E-state index contributed by atoms with van der Waals surface area (Å²) in [5.74, 6) is 2.55. The average Bonchev–Trinajstić information content (AvgIpc) is 2.46. The van der Waals surface area contributed by atoms with Crippen LogP contribution in [0.15, 0.2) is 18.2 Å². The van der Waals surface area contributed by atoms with Gasteiger partial charge in [0.15, 0.2) is 0 Å². The number of benzene rings is 1. The summed E-state index contributed by atoms with van der Waals surface area (Å²) < 4.78 is 0. The first-order valence-corrected chi connectivity index (χ1v) is 8.67. The first-order valence-electron chi connectivity index (χ1n) is 8.30. The molecule has 0 aromatic heterocycles. The molecular weight excluding hydrogens is 298 g/mol. The lowest BCUT2D eigenvalue weighted by Gasteiger charge is -2.56. The lowest BCUT2D eigenvalue weighted by Crippen LogP contribution is -2.51. The molecule has 4 bridgehead atoms. The second-order valence-electron chi connectivity index (χ2n) is 7.76. The molecule has 0 spiro atoms. The maximum absolute atomic E-state index is 12.4. The zero-order valence-corrected chi connectivity index (χ0v) is 13.4. The van der Waals surface area contributed by atoms with Gasteiger partial charge in [-0.25, -0.2) is 0 Å². The molecule has 22 heavy (non-hydrogen) atoms. The van der Waals surface area contributed by atoms with Gasteiger partial charge in [0.25, 0.3) is 5.91 Å². The summed E-state index contributed by atoms with van der Waals surface area (Å²) in [5.41, 5.74) is 0.680. The van der Waals surface area contributed by atoms with Gasteiger partial charge >= 0.3 is 0 Å². The third-order valence-electron chi connectivity index (χ3n) is 5.98. The Morgan fingerprint density at radius 1 is 1.18 bits per heavy atom.